The number of hydrogen-bond donors (Lipinski definition) is 2. The molecule has 0 atom stereocenters. The van der Waals surface area contributed by atoms with E-state index in [9.17, 15) is 10.2 Å². The van der Waals surface area contributed by atoms with E-state index in [1.165, 1.54) is 96.3 Å². The summed E-state index contributed by atoms with van der Waals surface area (Å²) in [4.78, 5) is 0. The van der Waals surface area contributed by atoms with Crippen LogP contribution in [0.2, 0.25) is 0 Å². The zero-order chi connectivity index (χ0) is 22.9. The minimum Gasteiger partial charge on any atom is -0.319 e. The summed E-state index contributed by atoms with van der Waals surface area (Å²) in [6.07, 6.45) is 20.7. The van der Waals surface area contributed by atoms with Crippen molar-refractivity contribution in [2.45, 2.75) is 122 Å². The average Bonchev–Trinajstić information content (AvgIpc) is 2.65. The standard InChI is InChI=1S/C26H58N2O2/c1-7-9-11-13-15-17-19-21-23-27(3,4)25-26(29,30)28(5,6)24-22-20-18-16-14-12-10-8-2/h29-30H,7-25H2,1-6H3/q+2. The van der Waals surface area contributed by atoms with Gasteiger partial charge in [0.05, 0.1) is 41.3 Å². The fourth-order valence-electron chi connectivity index (χ4n) is 4.34. The summed E-state index contributed by atoms with van der Waals surface area (Å²) in [5, 5.41) is 21.8. The highest BCUT2D eigenvalue weighted by Gasteiger charge is 2.47. The van der Waals surface area contributed by atoms with Crippen LogP contribution in [0.3, 0.4) is 0 Å². The molecule has 4 heteroatoms. The van der Waals surface area contributed by atoms with Gasteiger partial charge in [-0.3, -0.25) is 4.48 Å². The number of rotatable bonds is 21. The molecule has 0 saturated heterocycles. The van der Waals surface area contributed by atoms with E-state index in [4.69, 9.17) is 0 Å². The van der Waals surface area contributed by atoms with Crippen LogP contribution in [0.25, 0.3) is 0 Å². The highest BCUT2D eigenvalue weighted by molar-refractivity contribution is 4.55. The summed E-state index contributed by atoms with van der Waals surface area (Å²) in [6, 6.07) is 0. The van der Waals surface area contributed by atoms with Gasteiger partial charge in [0.15, 0.2) is 6.54 Å². The molecule has 0 rings (SSSR count). The molecule has 0 aromatic rings. The first-order valence-electron chi connectivity index (χ1n) is 13.2. The van der Waals surface area contributed by atoms with Gasteiger partial charge in [-0.25, -0.2) is 0 Å². The Labute approximate surface area is 189 Å². The Hall–Kier alpha value is -0.160. The van der Waals surface area contributed by atoms with Crippen molar-refractivity contribution in [1.29, 1.82) is 0 Å². The fourth-order valence-corrected chi connectivity index (χ4v) is 4.34. The van der Waals surface area contributed by atoms with Crippen molar-refractivity contribution in [3.63, 3.8) is 0 Å². The molecule has 0 aliphatic rings. The Morgan fingerprint density at radius 2 is 0.833 bits per heavy atom. The van der Waals surface area contributed by atoms with Gasteiger partial charge in [-0.05, 0) is 25.7 Å². The van der Waals surface area contributed by atoms with E-state index in [0.29, 0.717) is 11.0 Å². The van der Waals surface area contributed by atoms with Crippen LogP contribution in [-0.4, -0.2) is 72.9 Å². The number of unbranched alkanes of at least 4 members (excludes halogenated alkanes) is 14. The molecule has 0 aromatic heterocycles. The van der Waals surface area contributed by atoms with Crippen LogP contribution in [0.1, 0.15) is 117 Å². The summed E-state index contributed by atoms with van der Waals surface area (Å²) in [7, 11) is 8.21. The topological polar surface area (TPSA) is 40.5 Å². The van der Waals surface area contributed by atoms with Crippen LogP contribution in [0.15, 0.2) is 0 Å². The quantitative estimate of drug-likeness (QED) is 0.132. The molecule has 0 fully saturated rings. The molecule has 0 aromatic carbocycles. The molecule has 30 heavy (non-hydrogen) atoms. The lowest BCUT2D eigenvalue weighted by molar-refractivity contribution is -1.03. The van der Waals surface area contributed by atoms with Gasteiger partial charge in [-0.2, -0.15) is 0 Å². The predicted molar refractivity (Wildman–Crippen MR) is 131 cm³/mol. The van der Waals surface area contributed by atoms with E-state index < -0.39 is 5.91 Å². The molecular weight excluding hydrogens is 372 g/mol. The molecule has 0 radical (unpaired) electrons. The van der Waals surface area contributed by atoms with Crippen molar-refractivity contribution in [2.75, 3.05) is 47.8 Å². The molecule has 4 nitrogen and oxygen atoms in total. The molecule has 0 aliphatic carbocycles. The van der Waals surface area contributed by atoms with Gasteiger partial charge in [-0.15, -0.1) is 0 Å². The molecule has 0 spiro atoms. The molecule has 0 saturated carbocycles. The largest absolute Gasteiger partial charge is 0.365 e. The van der Waals surface area contributed by atoms with Gasteiger partial charge < -0.3 is 14.7 Å². The zero-order valence-electron chi connectivity index (χ0n) is 21.7. The van der Waals surface area contributed by atoms with E-state index in [0.717, 1.165) is 19.5 Å². The van der Waals surface area contributed by atoms with Crippen LogP contribution < -0.4 is 0 Å². The summed E-state index contributed by atoms with van der Waals surface area (Å²) in [5.74, 6) is -1.68. The maximum atomic E-state index is 10.9. The van der Waals surface area contributed by atoms with Gasteiger partial charge >= 0.3 is 5.91 Å². The lowest BCUT2D eigenvalue weighted by Gasteiger charge is -2.44. The van der Waals surface area contributed by atoms with Gasteiger partial charge in [0.1, 0.15) is 0 Å². The third-order valence-corrected chi connectivity index (χ3v) is 6.80. The number of quaternary nitrogens is 2. The van der Waals surface area contributed by atoms with E-state index in [1.807, 2.05) is 14.1 Å². The number of nitrogens with zero attached hydrogens (tertiary/aromatic N) is 2. The first-order chi connectivity index (χ1) is 14.1. The summed E-state index contributed by atoms with van der Waals surface area (Å²) in [6.45, 7) is 6.73. The molecule has 0 aliphatic heterocycles. The Morgan fingerprint density at radius 3 is 1.23 bits per heavy atom. The van der Waals surface area contributed by atoms with Gasteiger partial charge in [0, 0.05) is 0 Å². The smallest absolute Gasteiger partial charge is 0.319 e. The minimum atomic E-state index is -1.68. The van der Waals surface area contributed by atoms with Crippen molar-refractivity contribution >= 4 is 0 Å². The van der Waals surface area contributed by atoms with E-state index in [1.54, 1.807) is 0 Å². The van der Waals surface area contributed by atoms with E-state index >= 15 is 0 Å². The highest BCUT2D eigenvalue weighted by Crippen LogP contribution is 2.21. The second-order valence-electron chi connectivity index (χ2n) is 11.0. The maximum Gasteiger partial charge on any atom is 0.365 e. The minimum absolute atomic E-state index is 0.266. The van der Waals surface area contributed by atoms with Crippen molar-refractivity contribution in [3.8, 4) is 0 Å². The summed E-state index contributed by atoms with van der Waals surface area (Å²) in [5.41, 5.74) is 0. The Bertz CT molecular complexity index is 394. The Kier molecular flexibility index (Phi) is 16.4. The van der Waals surface area contributed by atoms with Crippen LogP contribution in [0.4, 0.5) is 0 Å². The molecule has 0 bridgehead atoms. The summed E-state index contributed by atoms with van der Waals surface area (Å²) >= 11 is 0. The second-order valence-corrected chi connectivity index (χ2v) is 11.0. The van der Waals surface area contributed by atoms with Crippen molar-refractivity contribution in [1.82, 2.24) is 0 Å². The lowest BCUT2D eigenvalue weighted by Crippen LogP contribution is -2.67. The van der Waals surface area contributed by atoms with Gasteiger partial charge in [-0.1, -0.05) is 90.9 Å². The monoisotopic (exact) mass is 430 g/mol. The van der Waals surface area contributed by atoms with Gasteiger partial charge in [0.25, 0.3) is 0 Å². The van der Waals surface area contributed by atoms with Crippen LogP contribution in [-0.2, 0) is 0 Å². The average molecular weight is 431 g/mol. The molecule has 0 amide bonds. The first kappa shape index (κ1) is 29.8. The van der Waals surface area contributed by atoms with Crippen molar-refractivity contribution < 1.29 is 19.2 Å². The van der Waals surface area contributed by atoms with Crippen molar-refractivity contribution in [2.24, 2.45) is 0 Å². The Balaban J connectivity index is 4.11. The van der Waals surface area contributed by atoms with E-state index in [2.05, 4.69) is 27.9 Å². The lowest BCUT2D eigenvalue weighted by atomic mass is 10.1. The predicted octanol–water partition coefficient (Wildman–Crippen LogP) is 6.06. The third-order valence-electron chi connectivity index (χ3n) is 6.80. The normalized spacial score (nSPS) is 13.2. The third kappa shape index (κ3) is 14.8. The molecule has 182 valence electrons. The molecule has 2 N–H and O–H groups in total. The SMILES string of the molecule is CCCCCCCCCC[N+](C)(C)CC(O)(O)[N+](C)(C)CCCCCCCCCC. The van der Waals surface area contributed by atoms with E-state index in [-0.39, 0.29) is 4.48 Å². The Morgan fingerprint density at radius 1 is 0.500 bits per heavy atom. The molecule has 0 unspecified atom stereocenters. The van der Waals surface area contributed by atoms with Crippen molar-refractivity contribution in [3.05, 3.63) is 0 Å². The summed E-state index contributed by atoms with van der Waals surface area (Å²) < 4.78 is 0.934. The van der Waals surface area contributed by atoms with Crippen LogP contribution in [0, 0.1) is 0 Å². The second kappa shape index (κ2) is 16.5. The number of hydrogen-bond acceptors (Lipinski definition) is 2. The molecule has 0 heterocycles. The first-order valence-corrected chi connectivity index (χ1v) is 13.2. The van der Waals surface area contributed by atoms with Crippen LogP contribution in [0.5, 0.6) is 0 Å². The van der Waals surface area contributed by atoms with Crippen LogP contribution >= 0.6 is 0 Å². The number of aliphatic hydroxyl groups is 2. The fraction of sp³-hybridized carbons (Fsp3) is 1.00. The highest BCUT2D eigenvalue weighted by atomic mass is 16.5. The van der Waals surface area contributed by atoms with Gasteiger partial charge in [0.2, 0.25) is 0 Å². The zero-order valence-corrected chi connectivity index (χ0v) is 21.7. The number of likely N-dealkylation sites (N-methyl/N-ethyl adjacent to an activating group) is 2. The maximum absolute atomic E-state index is 10.9. The molecular formula is C26H58N2O2+2.